The third kappa shape index (κ3) is 4.20. The molecule has 0 saturated carbocycles. The molecule has 1 aliphatic heterocycles. The summed E-state index contributed by atoms with van der Waals surface area (Å²) < 4.78 is 0. The van der Waals surface area contributed by atoms with E-state index in [9.17, 15) is 0 Å². The van der Waals surface area contributed by atoms with Gasteiger partial charge in [-0.15, -0.1) is 17.0 Å². The van der Waals surface area contributed by atoms with E-state index in [2.05, 4.69) is 59.2 Å². The van der Waals surface area contributed by atoms with Gasteiger partial charge in [0.25, 0.3) is 0 Å². The van der Waals surface area contributed by atoms with Gasteiger partial charge in [-0.25, -0.2) is 4.98 Å². The van der Waals surface area contributed by atoms with Crippen molar-refractivity contribution < 1.29 is 0 Å². The van der Waals surface area contributed by atoms with Crippen molar-refractivity contribution in [2.45, 2.75) is 13.5 Å². The Hall–Kier alpha value is -1.62. The first kappa shape index (κ1) is 19.2. The van der Waals surface area contributed by atoms with Crippen LogP contribution in [0.25, 0.3) is 10.9 Å². The average molecular weight is 433 g/mol. The van der Waals surface area contributed by atoms with Gasteiger partial charge in [0.1, 0.15) is 5.82 Å². The lowest BCUT2D eigenvalue weighted by Crippen LogP contribution is -2.46. The summed E-state index contributed by atoms with van der Waals surface area (Å²) >= 11 is 5.97. The van der Waals surface area contributed by atoms with Crippen molar-refractivity contribution in [3.63, 3.8) is 0 Å². The van der Waals surface area contributed by atoms with Crippen LogP contribution in [0, 0.1) is 6.92 Å². The summed E-state index contributed by atoms with van der Waals surface area (Å²) in [7, 11) is 0. The molecule has 0 N–H and O–H groups in total. The lowest BCUT2D eigenvalue weighted by molar-refractivity contribution is 0.249. The second kappa shape index (κ2) is 8.38. The van der Waals surface area contributed by atoms with Crippen molar-refractivity contribution >= 4 is 45.3 Å². The number of hydrogen-bond acceptors (Lipinski definition) is 3. The molecule has 26 heavy (non-hydrogen) atoms. The number of hydrogen-bond donors (Lipinski definition) is 0. The van der Waals surface area contributed by atoms with Crippen molar-refractivity contribution in [3.05, 3.63) is 70.7 Å². The van der Waals surface area contributed by atoms with E-state index in [1.165, 1.54) is 16.5 Å². The molecule has 0 atom stereocenters. The summed E-state index contributed by atoms with van der Waals surface area (Å²) in [6.45, 7) is 7.28. The number of benzene rings is 2. The first-order chi connectivity index (χ1) is 12.2. The largest absolute Gasteiger partial charge is 0.354 e. The first-order valence-corrected chi connectivity index (χ1v) is 9.15. The Kier molecular flexibility index (Phi) is 6.17. The fourth-order valence-corrected chi connectivity index (χ4v) is 3.60. The van der Waals surface area contributed by atoms with Crippen LogP contribution in [0.15, 0.2) is 54.6 Å². The molecule has 1 aliphatic rings. The van der Waals surface area contributed by atoms with Gasteiger partial charge in [-0.2, -0.15) is 0 Å². The number of para-hydroxylation sites is 1. The molecule has 0 aliphatic carbocycles. The van der Waals surface area contributed by atoms with E-state index in [0.717, 1.165) is 49.1 Å². The number of aryl methyl sites for hydroxylation is 1. The molecular formula is C21H23BrClN3. The lowest BCUT2D eigenvalue weighted by atomic mass is 10.1. The third-order valence-corrected chi connectivity index (χ3v) is 5.18. The molecule has 0 unspecified atom stereocenters. The van der Waals surface area contributed by atoms with Gasteiger partial charge >= 0.3 is 0 Å². The Morgan fingerprint density at radius 3 is 2.38 bits per heavy atom. The zero-order chi connectivity index (χ0) is 17.2. The highest BCUT2D eigenvalue weighted by Crippen LogP contribution is 2.23. The number of piperazine rings is 1. The molecule has 0 amide bonds. The Balaban J connectivity index is 0.00000196. The average Bonchev–Trinajstić information content (AvgIpc) is 2.64. The van der Waals surface area contributed by atoms with Crippen LogP contribution in [-0.4, -0.2) is 36.1 Å². The topological polar surface area (TPSA) is 19.4 Å². The molecule has 2 aromatic carbocycles. The van der Waals surface area contributed by atoms with Crippen molar-refractivity contribution in [3.8, 4) is 0 Å². The second-order valence-electron chi connectivity index (χ2n) is 6.70. The molecule has 1 aromatic heterocycles. The smallest absolute Gasteiger partial charge is 0.129 e. The van der Waals surface area contributed by atoms with Crippen LogP contribution >= 0.6 is 28.6 Å². The number of nitrogens with zero attached hydrogens (tertiary/aromatic N) is 3. The van der Waals surface area contributed by atoms with Gasteiger partial charge in [-0.3, -0.25) is 4.90 Å². The van der Waals surface area contributed by atoms with E-state index in [1.807, 2.05) is 12.1 Å². The maximum atomic E-state index is 5.97. The molecular weight excluding hydrogens is 410 g/mol. The van der Waals surface area contributed by atoms with Crippen LogP contribution in [0.2, 0.25) is 5.02 Å². The summed E-state index contributed by atoms with van der Waals surface area (Å²) in [5, 5.41) is 2.04. The third-order valence-electron chi connectivity index (χ3n) is 4.93. The highest BCUT2D eigenvalue weighted by Gasteiger charge is 2.19. The van der Waals surface area contributed by atoms with E-state index in [0.29, 0.717) is 0 Å². The summed E-state index contributed by atoms with van der Waals surface area (Å²) in [5.41, 5.74) is 3.70. The monoisotopic (exact) mass is 431 g/mol. The fraction of sp³-hybridized carbons (Fsp3) is 0.286. The number of fused-ring (bicyclic) bond motifs is 1. The Bertz CT molecular complexity index is 874. The second-order valence-corrected chi connectivity index (χ2v) is 7.14. The molecule has 4 rings (SSSR count). The highest BCUT2D eigenvalue weighted by molar-refractivity contribution is 8.93. The van der Waals surface area contributed by atoms with Gasteiger partial charge < -0.3 is 4.90 Å². The molecule has 2 heterocycles. The van der Waals surface area contributed by atoms with Crippen LogP contribution in [0.3, 0.4) is 0 Å². The fourth-order valence-electron chi connectivity index (χ4n) is 3.48. The first-order valence-electron chi connectivity index (χ1n) is 8.77. The number of aromatic nitrogens is 1. The maximum absolute atomic E-state index is 5.97. The van der Waals surface area contributed by atoms with Gasteiger partial charge in [-0.05, 0) is 42.3 Å². The predicted molar refractivity (Wildman–Crippen MR) is 116 cm³/mol. The lowest BCUT2D eigenvalue weighted by Gasteiger charge is -2.35. The van der Waals surface area contributed by atoms with E-state index in [1.54, 1.807) is 0 Å². The molecule has 0 bridgehead atoms. The number of rotatable bonds is 3. The molecule has 3 nitrogen and oxygen atoms in total. The van der Waals surface area contributed by atoms with E-state index < -0.39 is 0 Å². The molecule has 0 radical (unpaired) electrons. The highest BCUT2D eigenvalue weighted by atomic mass is 79.9. The summed E-state index contributed by atoms with van der Waals surface area (Å²) in [6.07, 6.45) is 0. The van der Waals surface area contributed by atoms with E-state index >= 15 is 0 Å². The van der Waals surface area contributed by atoms with E-state index in [4.69, 9.17) is 16.6 Å². The number of anilines is 1. The van der Waals surface area contributed by atoms with Gasteiger partial charge in [-0.1, -0.05) is 41.9 Å². The quantitative estimate of drug-likeness (QED) is 0.574. The molecule has 136 valence electrons. The number of halogens is 2. The van der Waals surface area contributed by atoms with E-state index in [-0.39, 0.29) is 17.0 Å². The molecule has 0 spiro atoms. The van der Waals surface area contributed by atoms with Crippen LogP contribution < -0.4 is 4.90 Å². The minimum atomic E-state index is 0. The van der Waals surface area contributed by atoms with Gasteiger partial charge in [0, 0.05) is 43.1 Å². The molecule has 1 saturated heterocycles. The molecule has 1 fully saturated rings. The van der Waals surface area contributed by atoms with Crippen LogP contribution in [0.1, 0.15) is 11.1 Å². The number of pyridine rings is 1. The van der Waals surface area contributed by atoms with Gasteiger partial charge in [0.05, 0.1) is 5.52 Å². The summed E-state index contributed by atoms with van der Waals surface area (Å²) in [4.78, 5) is 9.77. The van der Waals surface area contributed by atoms with Crippen molar-refractivity contribution in [1.82, 2.24) is 9.88 Å². The standard InChI is InChI=1S/C21H22ClN3.BrH/c1-16-14-21(23-20-5-3-2-4-19(16)20)25-12-10-24(11-13-25)15-17-6-8-18(22)9-7-17;/h2-9,14H,10-13,15H2,1H3;1H. The molecule has 5 heteroatoms. The Morgan fingerprint density at radius 1 is 0.962 bits per heavy atom. The molecule has 3 aromatic rings. The van der Waals surface area contributed by atoms with Crippen LogP contribution in [0.5, 0.6) is 0 Å². The van der Waals surface area contributed by atoms with Gasteiger partial charge in [0.2, 0.25) is 0 Å². The van der Waals surface area contributed by atoms with Crippen molar-refractivity contribution in [2.75, 3.05) is 31.1 Å². The Morgan fingerprint density at radius 2 is 1.65 bits per heavy atom. The SMILES string of the molecule is Br.Cc1cc(N2CCN(Cc3ccc(Cl)cc3)CC2)nc2ccccc12. The zero-order valence-electron chi connectivity index (χ0n) is 14.9. The minimum Gasteiger partial charge on any atom is -0.354 e. The summed E-state index contributed by atoms with van der Waals surface area (Å²) in [5.74, 6) is 1.10. The summed E-state index contributed by atoms with van der Waals surface area (Å²) in [6, 6.07) is 18.8. The normalized spacial score (nSPS) is 15.1. The van der Waals surface area contributed by atoms with Crippen LogP contribution in [-0.2, 0) is 6.54 Å². The van der Waals surface area contributed by atoms with Crippen molar-refractivity contribution in [2.24, 2.45) is 0 Å². The van der Waals surface area contributed by atoms with Gasteiger partial charge in [0.15, 0.2) is 0 Å². The van der Waals surface area contributed by atoms with Crippen LogP contribution in [0.4, 0.5) is 5.82 Å². The minimum absolute atomic E-state index is 0. The predicted octanol–water partition coefficient (Wildman–Crippen LogP) is 5.10. The zero-order valence-corrected chi connectivity index (χ0v) is 17.3. The van der Waals surface area contributed by atoms with Crippen molar-refractivity contribution in [1.29, 1.82) is 0 Å². The maximum Gasteiger partial charge on any atom is 0.129 e. The Labute approximate surface area is 170 Å².